The number of phosphoric acid groups is 2. The number of carbonyl (C=O) groups is 2. The van der Waals surface area contributed by atoms with Crippen molar-refractivity contribution in [2.24, 2.45) is 0 Å². The Bertz CT molecular complexity index is 1060. The second kappa shape index (κ2) is 10.7. The highest BCUT2D eigenvalue weighted by Gasteiger charge is 2.31. The molecule has 0 aliphatic carbocycles. The minimum absolute atomic E-state index is 0.0636. The van der Waals surface area contributed by atoms with Gasteiger partial charge in [-0.15, -0.1) is 0 Å². The van der Waals surface area contributed by atoms with E-state index in [0.29, 0.717) is 16.7 Å². The summed E-state index contributed by atoms with van der Waals surface area (Å²) in [5.41, 5.74) is 1.69. The lowest BCUT2D eigenvalue weighted by Gasteiger charge is -2.11. The predicted octanol–water partition coefficient (Wildman–Crippen LogP) is 2.82. The molecule has 0 heterocycles. The summed E-state index contributed by atoms with van der Waals surface area (Å²) in [7, 11) is -10.1. The molecule has 0 radical (unpaired) electrons. The molecule has 0 aliphatic heterocycles. The van der Waals surface area contributed by atoms with Gasteiger partial charge in [0, 0.05) is 23.2 Å². The number of amides is 1. The van der Waals surface area contributed by atoms with Gasteiger partial charge in [0.25, 0.3) is 5.91 Å². The molecular formula is C19H21NO9P2. The maximum absolute atomic E-state index is 12.5. The van der Waals surface area contributed by atoms with Gasteiger partial charge >= 0.3 is 15.6 Å². The third kappa shape index (κ3) is 8.69. The molecule has 12 heteroatoms. The van der Waals surface area contributed by atoms with Gasteiger partial charge in [-0.3, -0.25) is 14.1 Å². The van der Waals surface area contributed by atoms with Crippen LogP contribution in [-0.4, -0.2) is 39.5 Å². The van der Waals surface area contributed by atoms with E-state index in [0.717, 1.165) is 0 Å². The first-order valence-electron chi connectivity index (χ1n) is 8.85. The summed E-state index contributed by atoms with van der Waals surface area (Å²) in [4.78, 5) is 51.1. The van der Waals surface area contributed by atoms with Crippen LogP contribution in [0.2, 0.25) is 0 Å². The van der Waals surface area contributed by atoms with Crippen molar-refractivity contribution >= 4 is 27.3 Å². The summed E-state index contributed by atoms with van der Waals surface area (Å²) in [6, 6.07) is 14.9. The molecule has 0 saturated heterocycles. The van der Waals surface area contributed by atoms with Crippen LogP contribution in [0.5, 0.6) is 0 Å². The molecule has 1 unspecified atom stereocenters. The van der Waals surface area contributed by atoms with Gasteiger partial charge in [0.05, 0.1) is 6.61 Å². The number of phosphoric ester groups is 1. The number of rotatable bonds is 10. The van der Waals surface area contributed by atoms with E-state index >= 15 is 0 Å². The lowest BCUT2D eigenvalue weighted by Crippen LogP contribution is -2.25. The maximum Gasteiger partial charge on any atom is 0.481 e. The highest BCUT2D eigenvalue weighted by atomic mass is 31.3. The first-order valence-corrected chi connectivity index (χ1v) is 11.9. The second-order valence-electron chi connectivity index (χ2n) is 6.35. The van der Waals surface area contributed by atoms with E-state index in [4.69, 9.17) is 9.79 Å². The van der Waals surface area contributed by atoms with Gasteiger partial charge in [-0.2, -0.15) is 4.31 Å². The fraction of sp³-hybridized carbons (Fsp3) is 0.158. The first kappa shape index (κ1) is 24.8. The van der Waals surface area contributed by atoms with Crippen LogP contribution in [0.25, 0.3) is 0 Å². The highest BCUT2D eigenvalue weighted by Crippen LogP contribution is 2.57. The van der Waals surface area contributed by atoms with E-state index in [9.17, 15) is 23.6 Å². The van der Waals surface area contributed by atoms with Crippen molar-refractivity contribution in [1.82, 2.24) is 5.32 Å². The Kier molecular flexibility index (Phi) is 8.61. The normalized spacial score (nSPS) is 14.0. The van der Waals surface area contributed by atoms with Crippen molar-refractivity contribution in [1.29, 1.82) is 0 Å². The van der Waals surface area contributed by atoms with Crippen LogP contribution < -0.4 is 5.32 Å². The number of benzene rings is 2. The second-order valence-corrected chi connectivity index (χ2v) is 9.18. The van der Waals surface area contributed by atoms with E-state index in [1.165, 1.54) is 12.1 Å². The SMILES string of the molecule is C/C(=C\COP(=O)(O)OP(=O)(O)O)CNC(=O)c1cccc(C(=O)c2ccccc2)c1. The topological polar surface area (TPSA) is 159 Å². The molecule has 0 spiro atoms. The molecule has 0 saturated carbocycles. The van der Waals surface area contributed by atoms with Crippen LogP contribution >= 0.6 is 15.6 Å². The van der Waals surface area contributed by atoms with Crippen LogP contribution in [0.1, 0.15) is 33.2 Å². The van der Waals surface area contributed by atoms with Gasteiger partial charge < -0.3 is 20.0 Å². The number of ketones is 1. The summed E-state index contributed by atoms with van der Waals surface area (Å²) < 4.78 is 30.0. The molecule has 1 amide bonds. The number of hydrogen-bond donors (Lipinski definition) is 4. The van der Waals surface area contributed by atoms with Crippen molar-refractivity contribution in [3.63, 3.8) is 0 Å². The predicted molar refractivity (Wildman–Crippen MR) is 111 cm³/mol. The molecule has 0 aliphatic rings. The smallest absolute Gasteiger partial charge is 0.348 e. The third-order valence-corrected chi connectivity index (χ3v) is 5.98. The molecule has 0 bridgehead atoms. The van der Waals surface area contributed by atoms with E-state index in [1.54, 1.807) is 55.5 Å². The van der Waals surface area contributed by atoms with E-state index in [-0.39, 0.29) is 17.9 Å². The van der Waals surface area contributed by atoms with Gasteiger partial charge in [0.15, 0.2) is 5.78 Å². The minimum Gasteiger partial charge on any atom is -0.348 e. The van der Waals surface area contributed by atoms with Crippen LogP contribution in [0, 0.1) is 0 Å². The van der Waals surface area contributed by atoms with Crippen LogP contribution in [0.4, 0.5) is 0 Å². The molecule has 2 aromatic rings. The highest BCUT2D eigenvalue weighted by molar-refractivity contribution is 7.60. The Morgan fingerprint density at radius 3 is 2.23 bits per heavy atom. The van der Waals surface area contributed by atoms with Gasteiger partial charge in [-0.05, 0) is 19.1 Å². The first-order chi connectivity index (χ1) is 14.5. The van der Waals surface area contributed by atoms with Crippen LogP contribution in [0.3, 0.4) is 0 Å². The Morgan fingerprint density at radius 2 is 1.58 bits per heavy atom. The maximum atomic E-state index is 12.5. The number of carbonyl (C=O) groups excluding carboxylic acids is 2. The number of hydrogen-bond acceptors (Lipinski definition) is 6. The van der Waals surface area contributed by atoms with Crippen molar-refractivity contribution in [2.75, 3.05) is 13.2 Å². The molecule has 31 heavy (non-hydrogen) atoms. The minimum atomic E-state index is -5.18. The average Bonchev–Trinajstić information content (AvgIpc) is 2.70. The Balaban J connectivity index is 1.92. The summed E-state index contributed by atoms with van der Waals surface area (Å²) in [6.07, 6.45) is 1.33. The molecule has 0 fully saturated rings. The largest absolute Gasteiger partial charge is 0.481 e. The van der Waals surface area contributed by atoms with E-state index in [2.05, 4.69) is 14.2 Å². The van der Waals surface area contributed by atoms with Crippen LogP contribution in [-0.2, 0) is 18.0 Å². The fourth-order valence-corrected chi connectivity index (χ4v) is 3.91. The molecule has 1 atom stereocenters. The number of nitrogens with one attached hydrogen (secondary N) is 1. The van der Waals surface area contributed by atoms with Gasteiger partial charge in [-0.25, -0.2) is 9.13 Å². The Hall–Kier alpha value is -2.42. The van der Waals surface area contributed by atoms with Crippen molar-refractivity contribution < 1.29 is 42.2 Å². The van der Waals surface area contributed by atoms with Crippen molar-refractivity contribution in [2.45, 2.75) is 6.92 Å². The summed E-state index contributed by atoms with van der Waals surface area (Å²) in [5.74, 6) is -0.650. The zero-order chi connectivity index (χ0) is 23.1. The molecular weight excluding hydrogens is 448 g/mol. The molecule has 2 aromatic carbocycles. The van der Waals surface area contributed by atoms with Gasteiger partial charge in [0.1, 0.15) is 0 Å². The average molecular weight is 469 g/mol. The zero-order valence-corrected chi connectivity index (χ0v) is 18.2. The lowest BCUT2D eigenvalue weighted by molar-refractivity contribution is 0.0956. The zero-order valence-electron chi connectivity index (χ0n) is 16.4. The van der Waals surface area contributed by atoms with E-state index in [1.807, 2.05) is 0 Å². The van der Waals surface area contributed by atoms with Gasteiger partial charge in [0.2, 0.25) is 0 Å². The Labute approximate surface area is 178 Å². The quantitative estimate of drug-likeness (QED) is 0.233. The van der Waals surface area contributed by atoms with E-state index < -0.39 is 28.2 Å². The fourth-order valence-electron chi connectivity index (χ4n) is 2.38. The molecule has 166 valence electrons. The van der Waals surface area contributed by atoms with Crippen LogP contribution in [0.15, 0.2) is 66.2 Å². The molecule has 10 nitrogen and oxygen atoms in total. The summed E-state index contributed by atoms with van der Waals surface area (Å²) in [6.45, 7) is 1.19. The van der Waals surface area contributed by atoms with Gasteiger partial charge in [-0.1, -0.05) is 54.1 Å². The summed E-state index contributed by atoms with van der Waals surface area (Å²) >= 11 is 0. The van der Waals surface area contributed by atoms with Crippen molar-refractivity contribution in [3.05, 3.63) is 82.9 Å². The standard InChI is InChI=1S/C19H21NO9P2/c1-14(10-11-28-31(26,27)29-30(23,24)25)13-20-19(22)17-9-5-8-16(12-17)18(21)15-6-3-2-4-7-15/h2-10,12H,11,13H2,1H3,(H,20,22)(H,26,27)(H2,23,24,25)/b14-10+. The van der Waals surface area contributed by atoms with Crippen molar-refractivity contribution in [3.8, 4) is 0 Å². The molecule has 0 aromatic heterocycles. The Morgan fingerprint density at radius 1 is 0.968 bits per heavy atom. The monoisotopic (exact) mass is 469 g/mol. The molecule has 2 rings (SSSR count). The third-order valence-electron chi connectivity index (χ3n) is 3.83. The lowest BCUT2D eigenvalue weighted by atomic mass is 10.0. The summed E-state index contributed by atoms with van der Waals surface area (Å²) in [5, 5.41) is 2.63. The molecule has 4 N–H and O–H groups in total.